The maximum atomic E-state index is 11.2. The predicted octanol–water partition coefficient (Wildman–Crippen LogP) is 1.97. The maximum absolute atomic E-state index is 11.2. The van der Waals surface area contributed by atoms with Crippen molar-refractivity contribution in [3.63, 3.8) is 0 Å². The van der Waals surface area contributed by atoms with Crippen LogP contribution in [0.2, 0.25) is 0 Å². The first-order valence-electron chi connectivity index (χ1n) is 6.05. The quantitative estimate of drug-likeness (QED) is 0.881. The highest BCUT2D eigenvalue weighted by molar-refractivity contribution is 5.85. The summed E-state index contributed by atoms with van der Waals surface area (Å²) in [6.07, 6.45) is 0. The van der Waals surface area contributed by atoms with Crippen molar-refractivity contribution in [3.05, 3.63) is 42.0 Å². The zero-order valence-corrected chi connectivity index (χ0v) is 11.0. The number of primary amides is 1. The number of hydrogen-bond acceptors (Lipinski definition) is 3. The summed E-state index contributed by atoms with van der Waals surface area (Å²) in [5, 5.41) is 11.1. The Labute approximate surface area is 111 Å². The van der Waals surface area contributed by atoms with E-state index in [0.717, 1.165) is 16.3 Å². The Hall–Kier alpha value is -2.07. The zero-order chi connectivity index (χ0) is 14.0. The predicted molar refractivity (Wildman–Crippen MR) is 73.8 cm³/mol. The lowest BCUT2D eigenvalue weighted by Crippen LogP contribution is -2.43. The number of carbonyl (C=O) groups excluding carboxylic acids is 1. The largest absolute Gasteiger partial charge is 0.478 e. The molecule has 0 atom stereocenters. The Bertz CT molecular complexity index is 620. The number of ether oxygens (including phenoxy) is 1. The Kier molecular flexibility index (Phi) is 3.44. The van der Waals surface area contributed by atoms with Gasteiger partial charge in [-0.15, -0.1) is 0 Å². The minimum Gasteiger partial charge on any atom is -0.478 e. The second-order valence-electron chi connectivity index (χ2n) is 4.98. The highest BCUT2D eigenvalue weighted by Gasteiger charge is 2.27. The molecule has 0 unspecified atom stereocenters. The molecule has 0 saturated heterocycles. The van der Waals surface area contributed by atoms with Crippen molar-refractivity contribution in [3.8, 4) is 5.75 Å². The van der Waals surface area contributed by atoms with E-state index in [1.165, 1.54) is 0 Å². The van der Waals surface area contributed by atoms with E-state index in [0.29, 0.717) is 5.75 Å². The standard InChI is InChI=1S/C15H17NO3/c1-15(2,14(16)18)19-13-6-5-11-7-10(9-17)3-4-12(11)8-13/h3-8,17H,9H2,1-2H3,(H2,16,18). The smallest absolute Gasteiger partial charge is 0.261 e. The van der Waals surface area contributed by atoms with Crippen LogP contribution in [-0.4, -0.2) is 16.6 Å². The molecule has 100 valence electrons. The first-order valence-corrected chi connectivity index (χ1v) is 6.05. The molecule has 3 N–H and O–H groups in total. The minimum absolute atomic E-state index is 0.0168. The Morgan fingerprint density at radius 3 is 2.47 bits per heavy atom. The lowest BCUT2D eigenvalue weighted by molar-refractivity contribution is -0.130. The van der Waals surface area contributed by atoms with Crippen molar-refractivity contribution in [1.82, 2.24) is 0 Å². The second kappa shape index (κ2) is 4.90. The fraction of sp³-hybridized carbons (Fsp3) is 0.267. The van der Waals surface area contributed by atoms with E-state index < -0.39 is 11.5 Å². The number of benzene rings is 2. The van der Waals surface area contributed by atoms with Crippen LogP contribution in [0, 0.1) is 0 Å². The number of fused-ring (bicyclic) bond motifs is 1. The summed E-state index contributed by atoms with van der Waals surface area (Å²) in [6.45, 7) is 3.28. The van der Waals surface area contributed by atoms with Crippen LogP contribution < -0.4 is 10.5 Å². The molecule has 2 aromatic carbocycles. The van der Waals surface area contributed by atoms with Crippen LogP contribution in [0.1, 0.15) is 19.4 Å². The van der Waals surface area contributed by atoms with E-state index in [-0.39, 0.29) is 6.61 Å². The van der Waals surface area contributed by atoms with E-state index in [1.54, 1.807) is 19.9 Å². The van der Waals surface area contributed by atoms with Gasteiger partial charge in [0.05, 0.1) is 6.61 Å². The molecule has 1 amide bonds. The maximum Gasteiger partial charge on any atom is 0.261 e. The molecule has 0 aliphatic heterocycles. The van der Waals surface area contributed by atoms with Gasteiger partial charge in [-0.05, 0) is 48.4 Å². The molecule has 0 aliphatic rings. The van der Waals surface area contributed by atoms with E-state index in [9.17, 15) is 4.79 Å². The molecule has 2 aromatic rings. The molecule has 19 heavy (non-hydrogen) atoms. The topological polar surface area (TPSA) is 72.6 Å². The lowest BCUT2D eigenvalue weighted by atomic mass is 10.1. The van der Waals surface area contributed by atoms with Crippen molar-refractivity contribution < 1.29 is 14.6 Å². The normalized spacial score (nSPS) is 11.5. The van der Waals surface area contributed by atoms with Gasteiger partial charge >= 0.3 is 0 Å². The number of amides is 1. The van der Waals surface area contributed by atoms with E-state index >= 15 is 0 Å². The summed E-state index contributed by atoms with van der Waals surface area (Å²) >= 11 is 0. The van der Waals surface area contributed by atoms with Crippen LogP contribution in [0.25, 0.3) is 10.8 Å². The number of rotatable bonds is 4. The summed E-state index contributed by atoms with van der Waals surface area (Å²) in [7, 11) is 0. The minimum atomic E-state index is -1.04. The summed E-state index contributed by atoms with van der Waals surface area (Å²) in [4.78, 5) is 11.2. The molecule has 0 radical (unpaired) electrons. The van der Waals surface area contributed by atoms with Gasteiger partial charge in [-0.3, -0.25) is 4.79 Å². The Morgan fingerprint density at radius 1 is 1.21 bits per heavy atom. The van der Waals surface area contributed by atoms with Crippen molar-refractivity contribution in [2.24, 2.45) is 5.73 Å². The van der Waals surface area contributed by atoms with Gasteiger partial charge in [0, 0.05) is 0 Å². The van der Waals surface area contributed by atoms with Gasteiger partial charge in [0.25, 0.3) is 5.91 Å². The summed E-state index contributed by atoms with van der Waals surface area (Å²) in [5.74, 6) is 0.0799. The average molecular weight is 259 g/mol. The molecule has 0 aromatic heterocycles. The molecule has 0 heterocycles. The average Bonchev–Trinajstić information content (AvgIpc) is 2.37. The molecule has 4 heteroatoms. The fourth-order valence-corrected chi connectivity index (χ4v) is 1.78. The van der Waals surface area contributed by atoms with Crippen molar-refractivity contribution in [2.45, 2.75) is 26.1 Å². The van der Waals surface area contributed by atoms with E-state index in [4.69, 9.17) is 15.6 Å². The monoisotopic (exact) mass is 259 g/mol. The van der Waals surface area contributed by atoms with Crippen molar-refractivity contribution in [2.75, 3.05) is 0 Å². The summed E-state index contributed by atoms with van der Waals surface area (Å²) in [5.41, 5.74) is 5.09. The van der Waals surface area contributed by atoms with Gasteiger partial charge in [-0.1, -0.05) is 18.2 Å². The lowest BCUT2D eigenvalue weighted by Gasteiger charge is -2.22. The van der Waals surface area contributed by atoms with Gasteiger partial charge in [0.1, 0.15) is 5.75 Å². The molecule has 0 bridgehead atoms. The van der Waals surface area contributed by atoms with E-state index in [1.807, 2.05) is 30.3 Å². The Balaban J connectivity index is 2.35. The van der Waals surface area contributed by atoms with Gasteiger partial charge in [0.15, 0.2) is 5.60 Å². The Morgan fingerprint density at radius 2 is 1.84 bits per heavy atom. The number of nitrogens with two attached hydrogens (primary N) is 1. The van der Waals surface area contributed by atoms with Crippen LogP contribution in [0.4, 0.5) is 0 Å². The molecule has 2 rings (SSSR count). The van der Waals surface area contributed by atoms with Gasteiger partial charge < -0.3 is 15.6 Å². The fourth-order valence-electron chi connectivity index (χ4n) is 1.78. The van der Waals surface area contributed by atoms with Crippen molar-refractivity contribution >= 4 is 16.7 Å². The van der Waals surface area contributed by atoms with Crippen LogP contribution in [-0.2, 0) is 11.4 Å². The van der Waals surface area contributed by atoms with Gasteiger partial charge in [0.2, 0.25) is 0 Å². The van der Waals surface area contributed by atoms with Crippen LogP contribution in [0.5, 0.6) is 5.75 Å². The van der Waals surface area contributed by atoms with Gasteiger partial charge in [-0.25, -0.2) is 0 Å². The van der Waals surface area contributed by atoms with Crippen LogP contribution in [0.3, 0.4) is 0 Å². The molecular weight excluding hydrogens is 242 g/mol. The third-order valence-corrected chi connectivity index (χ3v) is 3.03. The molecular formula is C15H17NO3. The highest BCUT2D eigenvalue weighted by atomic mass is 16.5. The first-order chi connectivity index (χ1) is 8.92. The van der Waals surface area contributed by atoms with Gasteiger partial charge in [-0.2, -0.15) is 0 Å². The van der Waals surface area contributed by atoms with Crippen molar-refractivity contribution in [1.29, 1.82) is 0 Å². The number of aliphatic hydroxyl groups is 1. The summed E-state index contributed by atoms with van der Waals surface area (Å²) < 4.78 is 5.60. The zero-order valence-electron chi connectivity index (χ0n) is 11.0. The molecule has 0 saturated carbocycles. The third-order valence-electron chi connectivity index (χ3n) is 3.03. The summed E-state index contributed by atoms with van der Waals surface area (Å²) in [6, 6.07) is 11.2. The first kappa shape index (κ1) is 13.4. The molecule has 0 spiro atoms. The van der Waals surface area contributed by atoms with Crippen LogP contribution >= 0.6 is 0 Å². The number of carbonyl (C=O) groups is 1. The van der Waals surface area contributed by atoms with E-state index in [2.05, 4.69) is 0 Å². The second-order valence-corrected chi connectivity index (χ2v) is 4.98. The molecule has 0 fully saturated rings. The van der Waals surface area contributed by atoms with Crippen LogP contribution in [0.15, 0.2) is 36.4 Å². The SMILES string of the molecule is CC(C)(Oc1ccc2cc(CO)ccc2c1)C(N)=O. The molecule has 0 aliphatic carbocycles. The number of aliphatic hydroxyl groups excluding tert-OH is 1. The highest BCUT2D eigenvalue weighted by Crippen LogP contribution is 2.25. The molecule has 4 nitrogen and oxygen atoms in total. The third kappa shape index (κ3) is 2.85. The number of hydrogen-bond donors (Lipinski definition) is 2.